The molecule has 0 aliphatic heterocycles. The summed E-state index contributed by atoms with van der Waals surface area (Å²) < 4.78 is 38.6. The highest BCUT2D eigenvalue weighted by Gasteiger charge is 2.20. The van der Waals surface area contributed by atoms with Gasteiger partial charge in [-0.15, -0.1) is 0 Å². The SMILES string of the molecule is CCOC(=O)c1cc(C)n(CC(=O)Nc2cc(C(=O)OC)c(F)cc2F)c1C. The van der Waals surface area contributed by atoms with Crippen LogP contribution in [0.2, 0.25) is 0 Å². The molecule has 2 aromatic rings. The fourth-order valence-corrected chi connectivity index (χ4v) is 2.70. The molecule has 0 aliphatic carbocycles. The number of nitrogens with zero attached hydrogens (tertiary/aromatic N) is 1. The second kappa shape index (κ2) is 8.64. The lowest BCUT2D eigenvalue weighted by Gasteiger charge is -2.12. The van der Waals surface area contributed by atoms with Crippen LogP contribution in [0.3, 0.4) is 0 Å². The minimum absolute atomic E-state index is 0.218. The Morgan fingerprint density at radius 3 is 2.32 bits per heavy atom. The number of carbonyl (C=O) groups excluding carboxylic acids is 3. The Hall–Kier alpha value is -3.23. The number of carbonyl (C=O) groups is 3. The van der Waals surface area contributed by atoms with Crippen LogP contribution < -0.4 is 5.32 Å². The van der Waals surface area contributed by atoms with Gasteiger partial charge in [0.1, 0.15) is 18.2 Å². The zero-order valence-electron chi connectivity index (χ0n) is 15.9. The van der Waals surface area contributed by atoms with E-state index in [4.69, 9.17) is 4.74 Å². The van der Waals surface area contributed by atoms with Gasteiger partial charge in [-0.2, -0.15) is 0 Å². The average molecular weight is 394 g/mol. The quantitative estimate of drug-likeness (QED) is 0.762. The second-order valence-electron chi connectivity index (χ2n) is 5.94. The molecule has 1 aromatic heterocycles. The van der Waals surface area contributed by atoms with Crippen LogP contribution in [0, 0.1) is 25.5 Å². The smallest absolute Gasteiger partial charge is 0.340 e. The Labute approximate surface area is 160 Å². The number of anilines is 1. The van der Waals surface area contributed by atoms with Crippen molar-refractivity contribution in [2.24, 2.45) is 0 Å². The zero-order valence-corrected chi connectivity index (χ0v) is 15.9. The molecular weight excluding hydrogens is 374 g/mol. The van der Waals surface area contributed by atoms with Crippen LogP contribution in [0.5, 0.6) is 0 Å². The van der Waals surface area contributed by atoms with Crippen molar-refractivity contribution in [3.8, 4) is 0 Å². The molecule has 1 amide bonds. The van der Waals surface area contributed by atoms with Gasteiger partial charge in [0.25, 0.3) is 0 Å². The minimum atomic E-state index is -1.10. The van der Waals surface area contributed by atoms with E-state index >= 15 is 0 Å². The van der Waals surface area contributed by atoms with Gasteiger partial charge in [-0.25, -0.2) is 18.4 Å². The monoisotopic (exact) mass is 394 g/mol. The van der Waals surface area contributed by atoms with E-state index in [2.05, 4.69) is 10.1 Å². The molecule has 9 heteroatoms. The van der Waals surface area contributed by atoms with Crippen molar-refractivity contribution >= 4 is 23.5 Å². The first kappa shape index (κ1) is 21.1. The first-order chi connectivity index (χ1) is 13.2. The van der Waals surface area contributed by atoms with Crippen molar-refractivity contribution in [2.45, 2.75) is 27.3 Å². The first-order valence-electron chi connectivity index (χ1n) is 8.40. The van der Waals surface area contributed by atoms with E-state index in [0.717, 1.165) is 13.2 Å². The van der Waals surface area contributed by atoms with Crippen molar-refractivity contribution in [2.75, 3.05) is 19.0 Å². The third-order valence-corrected chi connectivity index (χ3v) is 4.11. The van der Waals surface area contributed by atoms with Crippen LogP contribution in [0.25, 0.3) is 0 Å². The van der Waals surface area contributed by atoms with Crippen LogP contribution in [0.15, 0.2) is 18.2 Å². The van der Waals surface area contributed by atoms with E-state index in [1.54, 1.807) is 31.4 Å². The molecule has 0 radical (unpaired) electrons. The number of nitrogens with one attached hydrogen (secondary N) is 1. The molecule has 1 N–H and O–H groups in total. The molecule has 1 aromatic carbocycles. The summed E-state index contributed by atoms with van der Waals surface area (Å²) in [4.78, 5) is 35.8. The summed E-state index contributed by atoms with van der Waals surface area (Å²) in [7, 11) is 1.06. The number of aryl methyl sites for hydroxylation is 1. The number of methoxy groups -OCH3 is 1. The Kier molecular flexibility index (Phi) is 6.50. The normalized spacial score (nSPS) is 10.5. The van der Waals surface area contributed by atoms with Gasteiger partial charge in [-0.05, 0) is 32.9 Å². The molecule has 0 saturated carbocycles. The van der Waals surface area contributed by atoms with Crippen molar-refractivity contribution in [3.63, 3.8) is 0 Å². The average Bonchev–Trinajstić information content (AvgIpc) is 2.91. The number of esters is 2. The van der Waals surface area contributed by atoms with Crippen LogP contribution in [0.4, 0.5) is 14.5 Å². The zero-order chi connectivity index (χ0) is 21.0. The van der Waals surface area contributed by atoms with Crippen molar-refractivity contribution in [1.82, 2.24) is 4.57 Å². The summed E-state index contributed by atoms with van der Waals surface area (Å²) in [5, 5.41) is 2.30. The van der Waals surface area contributed by atoms with Gasteiger partial charge in [-0.3, -0.25) is 4.79 Å². The number of rotatable bonds is 6. The van der Waals surface area contributed by atoms with Gasteiger partial charge in [0.2, 0.25) is 5.91 Å². The van der Waals surface area contributed by atoms with Gasteiger partial charge in [0.15, 0.2) is 0 Å². The maximum absolute atomic E-state index is 14.0. The highest BCUT2D eigenvalue weighted by atomic mass is 19.1. The van der Waals surface area contributed by atoms with E-state index in [1.165, 1.54) is 0 Å². The topological polar surface area (TPSA) is 86.6 Å². The van der Waals surface area contributed by atoms with Crippen molar-refractivity contribution in [3.05, 3.63) is 52.3 Å². The Balaban J connectivity index is 2.24. The maximum atomic E-state index is 14.0. The Bertz CT molecular complexity index is 937. The van der Waals surface area contributed by atoms with Gasteiger partial charge in [0.05, 0.1) is 30.5 Å². The van der Waals surface area contributed by atoms with E-state index < -0.39 is 35.0 Å². The summed E-state index contributed by atoms with van der Waals surface area (Å²) in [6.07, 6.45) is 0. The third-order valence-electron chi connectivity index (χ3n) is 4.11. The largest absolute Gasteiger partial charge is 0.465 e. The summed E-state index contributed by atoms with van der Waals surface area (Å²) in [6, 6.07) is 2.95. The second-order valence-corrected chi connectivity index (χ2v) is 5.94. The van der Waals surface area contributed by atoms with Gasteiger partial charge in [-0.1, -0.05) is 0 Å². The minimum Gasteiger partial charge on any atom is -0.465 e. The van der Waals surface area contributed by atoms with Gasteiger partial charge in [0, 0.05) is 17.5 Å². The molecule has 0 atom stereocenters. The molecular formula is C19H20F2N2O5. The van der Waals surface area contributed by atoms with Gasteiger partial charge < -0.3 is 19.4 Å². The molecule has 0 bridgehead atoms. The molecule has 0 saturated heterocycles. The lowest BCUT2D eigenvalue weighted by atomic mass is 10.1. The van der Waals surface area contributed by atoms with Crippen LogP contribution in [-0.2, 0) is 20.8 Å². The van der Waals surface area contributed by atoms with E-state index in [-0.39, 0.29) is 18.8 Å². The number of hydrogen-bond donors (Lipinski definition) is 1. The Morgan fingerprint density at radius 1 is 1.04 bits per heavy atom. The first-order valence-corrected chi connectivity index (χ1v) is 8.40. The van der Waals surface area contributed by atoms with E-state index in [9.17, 15) is 23.2 Å². The van der Waals surface area contributed by atoms with Crippen LogP contribution in [-0.4, -0.2) is 36.1 Å². The molecule has 28 heavy (non-hydrogen) atoms. The van der Waals surface area contributed by atoms with E-state index in [1.807, 2.05) is 0 Å². The lowest BCUT2D eigenvalue weighted by molar-refractivity contribution is -0.116. The number of hydrogen-bond acceptors (Lipinski definition) is 5. The lowest BCUT2D eigenvalue weighted by Crippen LogP contribution is -2.21. The Morgan fingerprint density at radius 2 is 1.71 bits per heavy atom. The highest BCUT2D eigenvalue weighted by molar-refractivity contribution is 5.95. The molecule has 7 nitrogen and oxygen atoms in total. The predicted molar refractivity (Wildman–Crippen MR) is 96.2 cm³/mol. The summed E-state index contributed by atoms with van der Waals surface area (Å²) >= 11 is 0. The molecule has 0 spiro atoms. The van der Waals surface area contributed by atoms with Crippen LogP contribution in [0.1, 0.15) is 39.0 Å². The number of aromatic nitrogens is 1. The van der Waals surface area contributed by atoms with Gasteiger partial charge >= 0.3 is 11.9 Å². The number of halogens is 2. The van der Waals surface area contributed by atoms with Crippen molar-refractivity contribution in [1.29, 1.82) is 0 Å². The third kappa shape index (κ3) is 4.36. The molecule has 1 heterocycles. The summed E-state index contributed by atoms with van der Waals surface area (Å²) in [5.74, 6) is -4.26. The predicted octanol–water partition coefficient (Wildman–Crippen LogP) is 2.99. The molecule has 150 valence electrons. The number of amides is 1. The van der Waals surface area contributed by atoms with E-state index in [0.29, 0.717) is 23.0 Å². The van der Waals surface area contributed by atoms with Crippen molar-refractivity contribution < 1.29 is 32.6 Å². The fourth-order valence-electron chi connectivity index (χ4n) is 2.70. The molecule has 0 unspecified atom stereocenters. The number of benzene rings is 1. The molecule has 2 rings (SSSR count). The standard InChI is InChI=1S/C19H20F2N2O5/c1-5-28-19(26)12-6-10(2)23(11(12)3)9-17(24)22-16-7-13(18(25)27-4)14(20)8-15(16)21/h6-8H,5,9H2,1-4H3,(H,22,24). The summed E-state index contributed by atoms with van der Waals surface area (Å²) in [6.45, 7) is 5.04. The summed E-state index contributed by atoms with van der Waals surface area (Å²) in [5.41, 5.74) is 0.608. The highest BCUT2D eigenvalue weighted by Crippen LogP contribution is 2.21. The molecule has 0 fully saturated rings. The number of ether oxygens (including phenoxy) is 2. The molecule has 0 aliphatic rings. The van der Waals surface area contributed by atoms with Crippen LogP contribution >= 0.6 is 0 Å². The fraction of sp³-hybridized carbons (Fsp3) is 0.316. The maximum Gasteiger partial charge on any atom is 0.340 e.